The van der Waals surface area contributed by atoms with Gasteiger partial charge in [-0.1, -0.05) is 30.3 Å². The van der Waals surface area contributed by atoms with Crippen molar-refractivity contribution in [2.24, 2.45) is 0 Å². The molecule has 8 heteroatoms. The molecule has 0 saturated carbocycles. The lowest BCUT2D eigenvalue weighted by molar-refractivity contribution is -0.291. The normalized spacial score (nSPS) is 31.7. The van der Waals surface area contributed by atoms with Gasteiger partial charge in [-0.15, -0.1) is 0 Å². The van der Waals surface area contributed by atoms with Crippen LogP contribution in [0.2, 0.25) is 0 Å². The Hall–Kier alpha value is -1.97. The number of carboxylic acids is 1. The molecule has 2 rings (SSSR count). The molecule has 0 radical (unpaired) electrons. The van der Waals surface area contributed by atoms with Gasteiger partial charge in [-0.25, -0.2) is 4.79 Å². The van der Waals surface area contributed by atoms with Crippen LogP contribution in [0.4, 0.5) is 0 Å². The van der Waals surface area contributed by atoms with Gasteiger partial charge < -0.3 is 35.0 Å². The highest BCUT2D eigenvalue weighted by Crippen LogP contribution is 2.24. The summed E-state index contributed by atoms with van der Waals surface area (Å²) in [5.41, 5.74) is 0.550. The van der Waals surface area contributed by atoms with Gasteiger partial charge >= 0.3 is 5.97 Å². The number of carbonyl (C=O) groups is 1. The predicted molar refractivity (Wildman–Crippen MR) is 76.9 cm³/mol. The number of aliphatic carboxylic acids is 1. The van der Waals surface area contributed by atoms with E-state index in [9.17, 15) is 25.2 Å². The van der Waals surface area contributed by atoms with Gasteiger partial charge in [0.1, 0.15) is 24.4 Å². The minimum atomic E-state index is -1.67. The van der Waals surface area contributed by atoms with Gasteiger partial charge in [0.25, 0.3) is 0 Å². The van der Waals surface area contributed by atoms with Crippen molar-refractivity contribution < 1.29 is 39.8 Å². The van der Waals surface area contributed by atoms with Gasteiger partial charge in [0.2, 0.25) is 12.0 Å². The van der Waals surface area contributed by atoms with Crippen LogP contribution < -0.4 is 0 Å². The first-order chi connectivity index (χ1) is 10.9. The van der Waals surface area contributed by atoms with Crippen LogP contribution in [0.1, 0.15) is 5.56 Å². The summed E-state index contributed by atoms with van der Waals surface area (Å²) >= 11 is 0. The molecular weight excluding hydrogens is 308 g/mol. The Morgan fingerprint density at radius 3 is 2.35 bits per heavy atom. The van der Waals surface area contributed by atoms with Crippen molar-refractivity contribution in [3.8, 4) is 0 Å². The first kappa shape index (κ1) is 17.4. The number of hydrogen-bond donors (Lipinski definition) is 5. The minimum Gasteiger partial charge on any atom is -0.475 e. The second-order valence-corrected chi connectivity index (χ2v) is 5.04. The number of carboxylic acid groups (broad SMARTS) is 1. The van der Waals surface area contributed by atoms with E-state index >= 15 is 0 Å². The van der Waals surface area contributed by atoms with Crippen molar-refractivity contribution >= 4 is 12.0 Å². The SMILES string of the molecule is O=C(O)C(=Cc1ccccc1)O[C@H]1O[C@@H](CO)[C@@H](O)[C@@H](O)[C@@H]1O. The third-order valence-corrected chi connectivity index (χ3v) is 3.40. The second kappa shape index (κ2) is 7.53. The van der Waals surface area contributed by atoms with E-state index in [1.807, 2.05) is 0 Å². The Morgan fingerprint density at radius 1 is 1.13 bits per heavy atom. The number of rotatable bonds is 5. The monoisotopic (exact) mass is 326 g/mol. The lowest BCUT2D eigenvalue weighted by atomic mass is 9.99. The number of benzene rings is 1. The van der Waals surface area contributed by atoms with E-state index in [0.29, 0.717) is 5.56 Å². The standard InChI is InChI=1S/C15H18O8/c16-7-10-11(17)12(18)13(19)15(23-10)22-9(14(20)21)6-8-4-2-1-3-5-8/h1-6,10-13,15-19H,7H2,(H,20,21)/t10-,11+,12+,13-,15-/m0/s1. The smallest absolute Gasteiger partial charge is 0.371 e. The number of ether oxygens (including phenoxy) is 2. The minimum absolute atomic E-state index is 0.513. The quantitative estimate of drug-likeness (QED) is 0.341. The average Bonchev–Trinajstić information content (AvgIpc) is 2.55. The summed E-state index contributed by atoms with van der Waals surface area (Å²) in [6, 6.07) is 8.48. The average molecular weight is 326 g/mol. The molecule has 126 valence electrons. The summed E-state index contributed by atoms with van der Waals surface area (Å²) in [7, 11) is 0. The number of aliphatic hydroxyl groups is 4. The van der Waals surface area contributed by atoms with Gasteiger partial charge in [-0.05, 0) is 11.6 Å². The maximum atomic E-state index is 11.3. The highest BCUT2D eigenvalue weighted by Gasteiger charge is 2.45. The van der Waals surface area contributed by atoms with Crippen LogP contribution in [0.3, 0.4) is 0 Å². The number of hydrogen-bond acceptors (Lipinski definition) is 7. The first-order valence-corrected chi connectivity index (χ1v) is 6.91. The largest absolute Gasteiger partial charge is 0.475 e. The highest BCUT2D eigenvalue weighted by molar-refractivity contribution is 5.89. The molecule has 1 heterocycles. The van der Waals surface area contributed by atoms with Crippen LogP contribution in [-0.4, -0.2) is 68.8 Å². The van der Waals surface area contributed by atoms with Gasteiger partial charge in [0.15, 0.2) is 0 Å². The second-order valence-electron chi connectivity index (χ2n) is 5.04. The van der Waals surface area contributed by atoms with Gasteiger partial charge in [0, 0.05) is 0 Å². The Balaban J connectivity index is 2.19. The molecule has 0 aromatic heterocycles. The topological polar surface area (TPSA) is 137 Å². The van der Waals surface area contributed by atoms with Crippen LogP contribution in [-0.2, 0) is 14.3 Å². The molecule has 0 unspecified atom stereocenters. The molecule has 0 aliphatic carbocycles. The Bertz CT molecular complexity index is 556. The predicted octanol–water partition coefficient (Wildman–Crippen LogP) is -1.07. The molecule has 1 fully saturated rings. The van der Waals surface area contributed by atoms with E-state index in [-0.39, 0.29) is 0 Å². The first-order valence-electron chi connectivity index (χ1n) is 6.91. The molecule has 1 saturated heterocycles. The molecule has 1 aliphatic heterocycles. The van der Waals surface area contributed by atoms with E-state index in [0.717, 1.165) is 0 Å². The fourth-order valence-electron chi connectivity index (χ4n) is 2.14. The fraction of sp³-hybridized carbons (Fsp3) is 0.400. The van der Waals surface area contributed by atoms with Crippen LogP contribution in [0, 0.1) is 0 Å². The summed E-state index contributed by atoms with van der Waals surface area (Å²) in [5, 5.41) is 47.5. The highest BCUT2D eigenvalue weighted by atomic mass is 16.7. The van der Waals surface area contributed by atoms with E-state index < -0.39 is 49.0 Å². The summed E-state index contributed by atoms with van der Waals surface area (Å²) in [5.74, 6) is -1.91. The Labute approximate surface area is 131 Å². The van der Waals surface area contributed by atoms with Gasteiger partial charge in [-0.2, -0.15) is 0 Å². The van der Waals surface area contributed by atoms with Crippen LogP contribution in [0.5, 0.6) is 0 Å². The molecule has 0 bridgehead atoms. The molecule has 5 N–H and O–H groups in total. The Morgan fingerprint density at radius 2 is 1.78 bits per heavy atom. The molecule has 0 spiro atoms. The van der Waals surface area contributed by atoms with E-state index in [1.54, 1.807) is 30.3 Å². The van der Waals surface area contributed by atoms with Gasteiger partial charge in [-0.3, -0.25) is 0 Å². The summed E-state index contributed by atoms with van der Waals surface area (Å²) in [4.78, 5) is 11.3. The zero-order valence-electron chi connectivity index (χ0n) is 12.0. The zero-order chi connectivity index (χ0) is 17.0. The molecule has 0 amide bonds. The van der Waals surface area contributed by atoms with E-state index in [1.165, 1.54) is 6.08 Å². The van der Waals surface area contributed by atoms with Crippen molar-refractivity contribution in [1.82, 2.24) is 0 Å². The molecule has 23 heavy (non-hydrogen) atoms. The zero-order valence-corrected chi connectivity index (χ0v) is 12.0. The van der Waals surface area contributed by atoms with Crippen molar-refractivity contribution in [2.45, 2.75) is 30.7 Å². The van der Waals surface area contributed by atoms with E-state index in [2.05, 4.69) is 0 Å². The third kappa shape index (κ3) is 4.06. The summed E-state index contributed by atoms with van der Waals surface area (Å²) in [6.45, 7) is -0.629. The lowest BCUT2D eigenvalue weighted by Crippen LogP contribution is -2.59. The molecule has 1 aromatic carbocycles. The number of aliphatic hydroxyl groups excluding tert-OH is 4. The maximum Gasteiger partial charge on any atom is 0.371 e. The maximum absolute atomic E-state index is 11.3. The molecule has 5 atom stereocenters. The summed E-state index contributed by atoms with van der Waals surface area (Å²) < 4.78 is 10.2. The molecule has 8 nitrogen and oxygen atoms in total. The van der Waals surface area contributed by atoms with Crippen molar-refractivity contribution in [3.05, 3.63) is 41.7 Å². The van der Waals surface area contributed by atoms with Crippen LogP contribution >= 0.6 is 0 Å². The Kier molecular flexibility index (Phi) is 5.69. The molecular formula is C15H18O8. The molecule has 1 aromatic rings. The molecule has 1 aliphatic rings. The van der Waals surface area contributed by atoms with Crippen molar-refractivity contribution in [2.75, 3.05) is 6.61 Å². The van der Waals surface area contributed by atoms with Crippen molar-refractivity contribution in [3.63, 3.8) is 0 Å². The van der Waals surface area contributed by atoms with Crippen LogP contribution in [0.15, 0.2) is 36.1 Å². The van der Waals surface area contributed by atoms with E-state index in [4.69, 9.17) is 14.6 Å². The van der Waals surface area contributed by atoms with Crippen molar-refractivity contribution in [1.29, 1.82) is 0 Å². The lowest BCUT2D eigenvalue weighted by Gasteiger charge is -2.39. The summed E-state index contributed by atoms with van der Waals surface area (Å²) in [6.07, 6.45) is -6.35. The van der Waals surface area contributed by atoms with Gasteiger partial charge in [0.05, 0.1) is 6.61 Å². The van der Waals surface area contributed by atoms with Crippen LogP contribution in [0.25, 0.3) is 6.08 Å². The third-order valence-electron chi connectivity index (χ3n) is 3.40. The fourth-order valence-corrected chi connectivity index (χ4v) is 2.14.